The van der Waals surface area contributed by atoms with Gasteiger partial charge in [0.1, 0.15) is 17.9 Å². The molecular weight excluding hydrogens is 164 g/mol. The largest absolute Gasteiger partial charge is 0.362 e. The predicted molar refractivity (Wildman–Crippen MR) is 40.3 cm³/mol. The molecule has 12 heavy (non-hydrogen) atoms. The molecule has 4 heteroatoms. The molecule has 0 aliphatic rings. The molecule has 0 aromatic heterocycles. The maximum Gasteiger partial charge on any atom is 0.134 e. The molecule has 0 spiro atoms. The summed E-state index contributed by atoms with van der Waals surface area (Å²) in [5, 5.41) is 0. The lowest BCUT2D eigenvalue weighted by Crippen LogP contribution is -2.13. The molecule has 0 saturated carbocycles. The normalized spacial score (nSPS) is 13.0. The van der Waals surface area contributed by atoms with E-state index >= 15 is 0 Å². The summed E-state index contributed by atoms with van der Waals surface area (Å²) in [5.74, 6) is -1.32. The molecule has 1 atom stereocenters. The molecule has 0 bridgehead atoms. The molecule has 0 aliphatic heterocycles. The number of methoxy groups -OCH3 is 1. The maximum absolute atomic E-state index is 12.9. The summed E-state index contributed by atoms with van der Waals surface area (Å²) in [6.07, 6.45) is -0.842. The van der Waals surface area contributed by atoms with E-state index in [9.17, 15) is 8.78 Å². The number of hydrogen-bond donors (Lipinski definition) is 1. The van der Waals surface area contributed by atoms with E-state index in [4.69, 9.17) is 5.73 Å². The quantitative estimate of drug-likeness (QED) is 0.689. The third kappa shape index (κ3) is 1.78. The molecule has 2 nitrogen and oxygen atoms in total. The van der Waals surface area contributed by atoms with E-state index in [2.05, 4.69) is 4.74 Å². The van der Waals surface area contributed by atoms with E-state index < -0.39 is 17.9 Å². The molecule has 0 radical (unpaired) electrons. The number of halogens is 2. The third-order valence-corrected chi connectivity index (χ3v) is 1.52. The first-order valence-corrected chi connectivity index (χ1v) is 3.38. The summed E-state index contributed by atoms with van der Waals surface area (Å²) in [5.41, 5.74) is 5.51. The lowest BCUT2D eigenvalue weighted by atomic mass is 10.2. The van der Waals surface area contributed by atoms with Crippen LogP contribution in [0, 0.1) is 11.6 Å². The molecule has 0 saturated heterocycles. The van der Waals surface area contributed by atoms with Crippen molar-refractivity contribution in [3.05, 3.63) is 35.4 Å². The third-order valence-electron chi connectivity index (χ3n) is 1.52. The average Bonchev–Trinajstić information content (AvgIpc) is 2.03. The van der Waals surface area contributed by atoms with Crippen LogP contribution in [-0.2, 0) is 4.74 Å². The topological polar surface area (TPSA) is 35.2 Å². The second-order valence-corrected chi connectivity index (χ2v) is 2.32. The van der Waals surface area contributed by atoms with Gasteiger partial charge in [0, 0.05) is 18.7 Å². The van der Waals surface area contributed by atoms with E-state index in [1.807, 2.05) is 0 Å². The van der Waals surface area contributed by atoms with Gasteiger partial charge in [-0.2, -0.15) is 0 Å². The predicted octanol–water partition coefficient (Wildman–Crippen LogP) is 1.57. The molecule has 1 aromatic rings. The van der Waals surface area contributed by atoms with Crippen LogP contribution in [0.5, 0.6) is 0 Å². The number of benzene rings is 1. The highest BCUT2D eigenvalue weighted by Crippen LogP contribution is 2.15. The van der Waals surface area contributed by atoms with E-state index in [1.54, 1.807) is 0 Å². The molecule has 1 aromatic carbocycles. The van der Waals surface area contributed by atoms with Crippen molar-refractivity contribution in [3.8, 4) is 0 Å². The standard InChI is InChI=1S/C8H9F2NO/c1-12-8(11)6-3-2-5(9)4-7(6)10/h2-4,8H,11H2,1H3. The minimum Gasteiger partial charge on any atom is -0.362 e. The lowest BCUT2D eigenvalue weighted by Gasteiger charge is -2.09. The molecule has 66 valence electrons. The summed E-state index contributed by atoms with van der Waals surface area (Å²) in [6.45, 7) is 0. The zero-order chi connectivity index (χ0) is 9.14. The number of nitrogens with two attached hydrogens (primary N) is 1. The molecule has 0 heterocycles. The minimum absolute atomic E-state index is 0.152. The van der Waals surface area contributed by atoms with E-state index in [0.717, 1.165) is 12.1 Å². The zero-order valence-electron chi connectivity index (χ0n) is 6.55. The Morgan fingerprint density at radius 2 is 2.08 bits per heavy atom. The Kier molecular flexibility index (Phi) is 2.73. The van der Waals surface area contributed by atoms with Gasteiger partial charge < -0.3 is 10.5 Å². The zero-order valence-corrected chi connectivity index (χ0v) is 6.55. The van der Waals surface area contributed by atoms with Crippen molar-refractivity contribution >= 4 is 0 Å². The van der Waals surface area contributed by atoms with Crippen molar-refractivity contribution < 1.29 is 13.5 Å². The summed E-state index contributed by atoms with van der Waals surface area (Å²) in [6, 6.07) is 3.17. The van der Waals surface area contributed by atoms with Gasteiger partial charge >= 0.3 is 0 Å². The van der Waals surface area contributed by atoms with Gasteiger partial charge in [0.15, 0.2) is 0 Å². The average molecular weight is 173 g/mol. The van der Waals surface area contributed by atoms with E-state index in [1.165, 1.54) is 13.2 Å². The first-order valence-electron chi connectivity index (χ1n) is 3.38. The van der Waals surface area contributed by atoms with E-state index in [-0.39, 0.29) is 5.56 Å². The van der Waals surface area contributed by atoms with Crippen LogP contribution in [0.25, 0.3) is 0 Å². The fraction of sp³-hybridized carbons (Fsp3) is 0.250. The highest BCUT2D eigenvalue weighted by Gasteiger charge is 2.10. The van der Waals surface area contributed by atoms with Crippen LogP contribution in [0.3, 0.4) is 0 Å². The molecule has 1 unspecified atom stereocenters. The number of ether oxygens (including phenoxy) is 1. The van der Waals surface area contributed by atoms with Gasteiger partial charge in [-0.1, -0.05) is 0 Å². The van der Waals surface area contributed by atoms with Crippen molar-refractivity contribution in [2.45, 2.75) is 6.23 Å². The van der Waals surface area contributed by atoms with Crippen LogP contribution in [0.15, 0.2) is 18.2 Å². The van der Waals surface area contributed by atoms with Gasteiger partial charge in [0.25, 0.3) is 0 Å². The van der Waals surface area contributed by atoms with Gasteiger partial charge in [-0.25, -0.2) is 8.78 Å². The van der Waals surface area contributed by atoms with Crippen molar-refractivity contribution in [2.75, 3.05) is 7.11 Å². The number of hydrogen-bond acceptors (Lipinski definition) is 2. The Labute approximate surface area is 68.9 Å². The monoisotopic (exact) mass is 173 g/mol. The second kappa shape index (κ2) is 3.60. The summed E-state index contributed by atoms with van der Waals surface area (Å²) >= 11 is 0. The molecule has 0 amide bonds. The fourth-order valence-electron chi connectivity index (χ4n) is 0.859. The Morgan fingerprint density at radius 3 is 2.58 bits per heavy atom. The molecular formula is C8H9F2NO. The Morgan fingerprint density at radius 1 is 1.42 bits per heavy atom. The SMILES string of the molecule is COC(N)c1ccc(F)cc1F. The fourth-order valence-corrected chi connectivity index (χ4v) is 0.859. The van der Waals surface area contributed by atoms with Gasteiger partial charge in [-0.15, -0.1) is 0 Å². The smallest absolute Gasteiger partial charge is 0.134 e. The molecule has 0 aliphatic carbocycles. The Hall–Kier alpha value is -1.00. The molecule has 2 N–H and O–H groups in total. The highest BCUT2D eigenvalue weighted by atomic mass is 19.1. The van der Waals surface area contributed by atoms with Crippen molar-refractivity contribution in [1.29, 1.82) is 0 Å². The summed E-state index contributed by atoms with van der Waals surface area (Å²) in [7, 11) is 1.35. The van der Waals surface area contributed by atoms with Crippen LogP contribution in [0.1, 0.15) is 11.8 Å². The summed E-state index contributed by atoms with van der Waals surface area (Å²) < 4.78 is 30.0. The molecule has 1 rings (SSSR count). The van der Waals surface area contributed by atoms with Gasteiger partial charge in [0.05, 0.1) is 0 Å². The van der Waals surface area contributed by atoms with Crippen LogP contribution in [-0.4, -0.2) is 7.11 Å². The molecule has 0 fully saturated rings. The highest BCUT2D eigenvalue weighted by molar-refractivity contribution is 5.20. The number of rotatable bonds is 2. The Balaban J connectivity index is 3.01. The van der Waals surface area contributed by atoms with Crippen LogP contribution >= 0.6 is 0 Å². The van der Waals surface area contributed by atoms with Crippen LogP contribution in [0.2, 0.25) is 0 Å². The van der Waals surface area contributed by atoms with Crippen LogP contribution in [0.4, 0.5) is 8.78 Å². The van der Waals surface area contributed by atoms with Gasteiger partial charge in [-0.3, -0.25) is 0 Å². The maximum atomic E-state index is 12.9. The lowest BCUT2D eigenvalue weighted by molar-refractivity contribution is 0.106. The second-order valence-electron chi connectivity index (χ2n) is 2.32. The first kappa shape index (κ1) is 9.09. The van der Waals surface area contributed by atoms with Gasteiger partial charge in [0.2, 0.25) is 0 Å². The minimum atomic E-state index is -0.842. The van der Waals surface area contributed by atoms with Crippen molar-refractivity contribution in [1.82, 2.24) is 0 Å². The van der Waals surface area contributed by atoms with Gasteiger partial charge in [-0.05, 0) is 12.1 Å². The van der Waals surface area contributed by atoms with Crippen LogP contribution < -0.4 is 5.73 Å². The summed E-state index contributed by atoms with van der Waals surface area (Å²) in [4.78, 5) is 0. The van der Waals surface area contributed by atoms with Crippen molar-refractivity contribution in [2.24, 2.45) is 5.73 Å². The first-order chi connectivity index (χ1) is 5.65. The van der Waals surface area contributed by atoms with Crippen molar-refractivity contribution in [3.63, 3.8) is 0 Å². The Bertz CT molecular complexity index is 278. The van der Waals surface area contributed by atoms with E-state index in [0.29, 0.717) is 0 Å².